The monoisotopic (exact) mass is 360 g/mol. The number of aromatic nitrogens is 2. The van der Waals surface area contributed by atoms with Gasteiger partial charge in [0.1, 0.15) is 0 Å². The number of halogens is 1. The third-order valence-electron chi connectivity index (χ3n) is 4.42. The molecule has 134 valence electrons. The van der Waals surface area contributed by atoms with Crippen LogP contribution in [0.2, 0.25) is 5.02 Å². The van der Waals surface area contributed by atoms with Gasteiger partial charge in [0, 0.05) is 62.4 Å². The Balaban J connectivity index is 1.47. The normalized spacial score (nSPS) is 17.0. The molecule has 0 radical (unpaired) electrons. The summed E-state index contributed by atoms with van der Waals surface area (Å²) in [5, 5.41) is 5.00. The summed E-state index contributed by atoms with van der Waals surface area (Å²) >= 11 is 5.96. The van der Waals surface area contributed by atoms with E-state index in [-0.39, 0.29) is 0 Å². The Labute approximate surface area is 153 Å². The van der Waals surface area contributed by atoms with Crippen molar-refractivity contribution >= 4 is 23.2 Å². The van der Waals surface area contributed by atoms with Crippen LogP contribution in [0.25, 0.3) is 0 Å². The minimum atomic E-state index is 0.397. The first-order chi connectivity index (χ1) is 12.1. The molecule has 6 nitrogen and oxygen atoms in total. The maximum atomic E-state index is 6.19. The highest BCUT2D eigenvalue weighted by atomic mass is 35.5. The van der Waals surface area contributed by atoms with Gasteiger partial charge in [-0.25, -0.2) is 0 Å². The van der Waals surface area contributed by atoms with Gasteiger partial charge in [-0.2, -0.15) is 5.10 Å². The summed E-state index contributed by atoms with van der Waals surface area (Å²) in [5.74, 6) is 1.04. The Morgan fingerprint density at radius 1 is 1.24 bits per heavy atom. The lowest BCUT2D eigenvalue weighted by molar-refractivity contribution is 0.378. The Morgan fingerprint density at radius 3 is 2.60 bits per heavy atom. The van der Waals surface area contributed by atoms with Gasteiger partial charge in [0.25, 0.3) is 0 Å². The molecular weight excluding hydrogens is 336 g/mol. The zero-order valence-corrected chi connectivity index (χ0v) is 15.3. The summed E-state index contributed by atoms with van der Waals surface area (Å²) in [4.78, 5) is 9.09. The number of hydrogen-bond acceptors (Lipinski definition) is 3. The first kappa shape index (κ1) is 17.6. The Bertz CT molecular complexity index is 674. The molecule has 3 rings (SSSR count). The average Bonchev–Trinajstić information content (AvgIpc) is 3.13. The second-order valence-corrected chi connectivity index (χ2v) is 6.92. The largest absolute Gasteiger partial charge is 0.370 e. The molecule has 1 fully saturated rings. The maximum absolute atomic E-state index is 6.19. The molecule has 1 saturated heterocycles. The fraction of sp³-hybridized carbons (Fsp3) is 0.444. The third kappa shape index (κ3) is 4.89. The van der Waals surface area contributed by atoms with Crippen LogP contribution in [0.1, 0.15) is 6.92 Å². The summed E-state index contributed by atoms with van der Waals surface area (Å²) in [5.41, 5.74) is 7.39. The van der Waals surface area contributed by atoms with Gasteiger partial charge in [0.15, 0.2) is 5.96 Å². The molecule has 1 unspecified atom stereocenters. The zero-order chi connectivity index (χ0) is 17.6. The summed E-state index contributed by atoms with van der Waals surface area (Å²) < 4.78 is 1.93. The molecule has 1 aromatic carbocycles. The van der Waals surface area contributed by atoms with Crippen molar-refractivity contribution in [2.24, 2.45) is 16.6 Å². The van der Waals surface area contributed by atoms with Crippen LogP contribution >= 0.6 is 11.6 Å². The number of nitrogens with zero attached hydrogens (tertiary/aromatic N) is 5. The number of hydrogen-bond donors (Lipinski definition) is 1. The van der Waals surface area contributed by atoms with Gasteiger partial charge in [-0.05, 0) is 36.2 Å². The molecule has 2 N–H and O–H groups in total. The molecule has 0 bridgehead atoms. The first-order valence-corrected chi connectivity index (χ1v) is 9.02. The zero-order valence-electron chi connectivity index (χ0n) is 14.6. The molecular formula is C18H25ClN6. The summed E-state index contributed by atoms with van der Waals surface area (Å²) in [6, 6.07) is 9.92. The van der Waals surface area contributed by atoms with Crippen molar-refractivity contribution in [1.29, 1.82) is 0 Å². The lowest BCUT2D eigenvalue weighted by atomic mass is 10.2. The van der Waals surface area contributed by atoms with E-state index in [2.05, 4.69) is 38.9 Å². The fourth-order valence-electron chi connectivity index (χ4n) is 2.98. The molecule has 0 saturated carbocycles. The summed E-state index contributed by atoms with van der Waals surface area (Å²) in [6.45, 7) is 7.35. The molecule has 0 aliphatic carbocycles. The van der Waals surface area contributed by atoms with E-state index >= 15 is 0 Å². The van der Waals surface area contributed by atoms with Gasteiger partial charge in [-0.3, -0.25) is 9.67 Å². The Kier molecular flexibility index (Phi) is 5.81. The molecule has 1 aromatic heterocycles. The van der Waals surface area contributed by atoms with E-state index in [9.17, 15) is 0 Å². The van der Waals surface area contributed by atoms with Crippen LogP contribution in [0.15, 0.2) is 47.7 Å². The smallest absolute Gasteiger partial charge is 0.191 e. The second-order valence-electron chi connectivity index (χ2n) is 6.48. The Morgan fingerprint density at radius 2 is 1.96 bits per heavy atom. The number of nitrogens with two attached hydrogens (primary N) is 1. The highest BCUT2D eigenvalue weighted by Gasteiger charge is 2.18. The lowest BCUT2D eigenvalue weighted by Gasteiger charge is -2.36. The van der Waals surface area contributed by atoms with Crippen molar-refractivity contribution in [3.63, 3.8) is 0 Å². The van der Waals surface area contributed by atoms with Crippen molar-refractivity contribution in [2.75, 3.05) is 37.6 Å². The number of guanidine groups is 1. The highest BCUT2D eigenvalue weighted by Crippen LogP contribution is 2.19. The lowest BCUT2D eigenvalue weighted by Crippen LogP contribution is -2.51. The van der Waals surface area contributed by atoms with Crippen LogP contribution in [0.4, 0.5) is 5.69 Å². The minimum Gasteiger partial charge on any atom is -0.370 e. The van der Waals surface area contributed by atoms with Gasteiger partial charge in [-0.15, -0.1) is 0 Å². The number of anilines is 1. The maximum Gasteiger partial charge on any atom is 0.191 e. The van der Waals surface area contributed by atoms with Crippen LogP contribution in [0, 0.1) is 5.92 Å². The van der Waals surface area contributed by atoms with Crippen LogP contribution in [0.5, 0.6) is 0 Å². The molecule has 1 atom stereocenters. The highest BCUT2D eigenvalue weighted by molar-refractivity contribution is 6.30. The SMILES string of the molecule is CC(CN=C(N)N1CCN(c2ccc(Cl)cc2)CC1)Cn1cccn1. The number of rotatable bonds is 5. The van der Waals surface area contributed by atoms with Gasteiger partial charge >= 0.3 is 0 Å². The van der Waals surface area contributed by atoms with Crippen molar-refractivity contribution < 1.29 is 0 Å². The van der Waals surface area contributed by atoms with E-state index in [0.29, 0.717) is 18.4 Å². The van der Waals surface area contributed by atoms with Gasteiger partial charge in [-0.1, -0.05) is 18.5 Å². The second kappa shape index (κ2) is 8.25. The van der Waals surface area contributed by atoms with E-state index in [1.807, 2.05) is 29.1 Å². The van der Waals surface area contributed by atoms with Gasteiger partial charge in [0.05, 0.1) is 0 Å². The van der Waals surface area contributed by atoms with E-state index in [4.69, 9.17) is 17.3 Å². The number of piperazine rings is 1. The quantitative estimate of drug-likeness (QED) is 0.656. The number of benzene rings is 1. The van der Waals surface area contributed by atoms with E-state index in [1.54, 1.807) is 6.20 Å². The predicted molar refractivity (Wildman–Crippen MR) is 103 cm³/mol. The van der Waals surface area contributed by atoms with Crippen molar-refractivity contribution in [2.45, 2.75) is 13.5 Å². The van der Waals surface area contributed by atoms with Gasteiger partial charge in [0.2, 0.25) is 0 Å². The Hall–Kier alpha value is -2.21. The molecule has 2 heterocycles. The first-order valence-electron chi connectivity index (χ1n) is 8.64. The topological polar surface area (TPSA) is 62.7 Å². The molecule has 25 heavy (non-hydrogen) atoms. The third-order valence-corrected chi connectivity index (χ3v) is 4.67. The molecule has 2 aromatic rings. The van der Waals surface area contributed by atoms with Crippen molar-refractivity contribution in [3.05, 3.63) is 47.7 Å². The van der Waals surface area contributed by atoms with E-state index < -0.39 is 0 Å². The van der Waals surface area contributed by atoms with Crippen LogP contribution < -0.4 is 10.6 Å². The van der Waals surface area contributed by atoms with Crippen LogP contribution in [-0.4, -0.2) is 53.4 Å². The minimum absolute atomic E-state index is 0.397. The van der Waals surface area contributed by atoms with Crippen LogP contribution in [-0.2, 0) is 6.54 Å². The van der Waals surface area contributed by atoms with E-state index in [1.165, 1.54) is 5.69 Å². The fourth-order valence-corrected chi connectivity index (χ4v) is 3.11. The standard InChI is InChI=1S/C18H25ClN6/c1-15(14-25-8-2-7-22-25)13-21-18(20)24-11-9-23(10-12-24)17-5-3-16(19)4-6-17/h2-8,15H,9-14H2,1H3,(H2,20,21). The molecule has 0 amide bonds. The number of aliphatic imine (C=N–C) groups is 1. The molecule has 7 heteroatoms. The summed E-state index contributed by atoms with van der Waals surface area (Å²) in [7, 11) is 0. The predicted octanol–water partition coefficient (Wildman–Crippen LogP) is 2.31. The van der Waals surface area contributed by atoms with Gasteiger partial charge < -0.3 is 15.5 Å². The van der Waals surface area contributed by atoms with Crippen molar-refractivity contribution in [3.8, 4) is 0 Å². The van der Waals surface area contributed by atoms with Crippen LogP contribution in [0.3, 0.4) is 0 Å². The van der Waals surface area contributed by atoms with Crippen molar-refractivity contribution in [1.82, 2.24) is 14.7 Å². The average molecular weight is 361 g/mol. The van der Waals surface area contributed by atoms with E-state index in [0.717, 1.165) is 37.7 Å². The molecule has 1 aliphatic rings. The summed E-state index contributed by atoms with van der Waals surface area (Å²) in [6.07, 6.45) is 3.77. The molecule has 1 aliphatic heterocycles. The molecule has 0 spiro atoms.